The van der Waals surface area contributed by atoms with Crippen molar-refractivity contribution in [2.24, 2.45) is 0 Å². The number of fused-ring (bicyclic) bond motifs is 3. The summed E-state index contributed by atoms with van der Waals surface area (Å²) in [5.74, 6) is 1.50. The Hall–Kier alpha value is -3.54. The van der Waals surface area contributed by atoms with Crippen LogP contribution in [0.25, 0.3) is 22.4 Å². The van der Waals surface area contributed by atoms with E-state index in [9.17, 15) is 8.42 Å². The minimum absolute atomic E-state index is 0.121. The molecular formula is C21H22N8O3S. The topological polar surface area (TPSA) is 130 Å². The molecule has 0 spiro atoms. The molecular weight excluding hydrogens is 444 g/mol. The molecule has 0 amide bonds. The highest BCUT2D eigenvalue weighted by molar-refractivity contribution is 7.90. The van der Waals surface area contributed by atoms with Gasteiger partial charge in [-0.15, -0.1) is 0 Å². The molecule has 170 valence electrons. The summed E-state index contributed by atoms with van der Waals surface area (Å²) >= 11 is 0. The van der Waals surface area contributed by atoms with Gasteiger partial charge in [0.05, 0.1) is 41.5 Å². The summed E-state index contributed by atoms with van der Waals surface area (Å²) in [6, 6.07) is 4.24. The van der Waals surface area contributed by atoms with Crippen LogP contribution in [0.2, 0.25) is 0 Å². The summed E-state index contributed by atoms with van der Waals surface area (Å²) in [4.78, 5) is 17.8. The molecule has 11 nitrogen and oxygen atoms in total. The van der Waals surface area contributed by atoms with E-state index in [4.69, 9.17) is 4.74 Å². The fourth-order valence-electron chi connectivity index (χ4n) is 3.99. The highest BCUT2D eigenvalue weighted by Crippen LogP contribution is 2.36. The third kappa shape index (κ3) is 3.41. The standard InChI is InChI=1S/C21H22N8O3S/c1-21(2)6-8-32-20-25-15-11-23-18(9-16(15)29(20)21)26-17-5-7-22-19(27-17)13-10-24-28(12-13)33(30,31)14-3-4-14/h5,7,9-12,14H,3-4,6,8H2,1-2H3,(H,22,23,26,27). The van der Waals surface area contributed by atoms with E-state index >= 15 is 0 Å². The molecule has 0 atom stereocenters. The third-order valence-corrected chi connectivity index (χ3v) is 8.03. The van der Waals surface area contributed by atoms with Gasteiger partial charge in [0.25, 0.3) is 16.0 Å². The minimum atomic E-state index is -3.44. The van der Waals surface area contributed by atoms with E-state index in [0.29, 0.717) is 48.5 Å². The summed E-state index contributed by atoms with van der Waals surface area (Å²) in [5.41, 5.74) is 2.09. The number of nitrogens with one attached hydrogen (secondary N) is 1. The predicted octanol–water partition coefficient (Wildman–Crippen LogP) is 2.69. The van der Waals surface area contributed by atoms with Crippen molar-refractivity contribution in [3.05, 3.63) is 36.9 Å². The van der Waals surface area contributed by atoms with E-state index in [0.717, 1.165) is 21.5 Å². The van der Waals surface area contributed by atoms with Crippen molar-refractivity contribution < 1.29 is 13.2 Å². The summed E-state index contributed by atoms with van der Waals surface area (Å²) < 4.78 is 33.7. The molecule has 5 heterocycles. The first kappa shape index (κ1) is 20.1. The average Bonchev–Trinajstić information content (AvgIpc) is 3.40. The molecule has 6 rings (SSSR count). The van der Waals surface area contributed by atoms with Crippen LogP contribution in [0.4, 0.5) is 11.6 Å². The van der Waals surface area contributed by atoms with Gasteiger partial charge in [-0.1, -0.05) is 0 Å². The number of hydrogen-bond donors (Lipinski definition) is 1. The van der Waals surface area contributed by atoms with Crippen LogP contribution in [0.1, 0.15) is 33.1 Å². The summed E-state index contributed by atoms with van der Waals surface area (Å²) in [6.45, 7) is 4.96. The van der Waals surface area contributed by atoms with E-state index in [1.807, 2.05) is 6.07 Å². The van der Waals surface area contributed by atoms with Crippen molar-refractivity contribution in [3.8, 4) is 17.4 Å². The Labute approximate surface area is 189 Å². The Bertz CT molecular complexity index is 1490. The van der Waals surface area contributed by atoms with Gasteiger partial charge in [0.2, 0.25) is 0 Å². The Morgan fingerprint density at radius 3 is 2.82 bits per heavy atom. The zero-order valence-electron chi connectivity index (χ0n) is 18.1. The van der Waals surface area contributed by atoms with Crippen molar-refractivity contribution in [1.82, 2.24) is 33.7 Å². The second kappa shape index (κ2) is 6.98. The van der Waals surface area contributed by atoms with Crippen molar-refractivity contribution >= 4 is 32.7 Å². The zero-order valence-corrected chi connectivity index (χ0v) is 18.9. The monoisotopic (exact) mass is 466 g/mol. The maximum Gasteiger partial charge on any atom is 0.297 e. The Morgan fingerprint density at radius 2 is 2.00 bits per heavy atom. The second-order valence-corrected chi connectivity index (χ2v) is 11.0. The molecule has 1 saturated carbocycles. The smallest absolute Gasteiger partial charge is 0.297 e. The number of hydrogen-bond acceptors (Lipinski definition) is 9. The largest absolute Gasteiger partial charge is 0.465 e. The SMILES string of the molecule is CC1(C)CCOc2nc3cnc(Nc4ccnc(-c5cnn(S(=O)(=O)C6CC6)c5)n4)cc3n21. The average molecular weight is 467 g/mol. The number of anilines is 2. The molecule has 4 aromatic rings. The van der Waals surface area contributed by atoms with Crippen LogP contribution in [-0.4, -0.2) is 54.0 Å². The third-order valence-electron chi connectivity index (χ3n) is 6.00. The van der Waals surface area contributed by atoms with Crippen molar-refractivity contribution in [1.29, 1.82) is 0 Å². The molecule has 1 aliphatic carbocycles. The van der Waals surface area contributed by atoms with Gasteiger partial charge in [-0.3, -0.25) is 4.57 Å². The van der Waals surface area contributed by atoms with Crippen LogP contribution in [0.15, 0.2) is 36.9 Å². The van der Waals surface area contributed by atoms with Crippen molar-refractivity contribution in [3.63, 3.8) is 0 Å². The number of pyridine rings is 1. The predicted molar refractivity (Wildman–Crippen MR) is 121 cm³/mol. The van der Waals surface area contributed by atoms with Crippen LogP contribution < -0.4 is 10.1 Å². The van der Waals surface area contributed by atoms with E-state index in [1.165, 1.54) is 12.4 Å². The van der Waals surface area contributed by atoms with Crippen molar-refractivity contribution in [2.75, 3.05) is 11.9 Å². The molecule has 12 heteroatoms. The minimum Gasteiger partial charge on any atom is -0.465 e. The Morgan fingerprint density at radius 1 is 1.15 bits per heavy atom. The van der Waals surface area contributed by atoms with Crippen LogP contribution >= 0.6 is 0 Å². The number of rotatable bonds is 5. The lowest BCUT2D eigenvalue weighted by atomic mass is 10.00. The first-order chi connectivity index (χ1) is 15.8. The first-order valence-corrected chi connectivity index (χ1v) is 12.2. The van der Waals surface area contributed by atoms with Crippen LogP contribution in [0, 0.1) is 0 Å². The molecule has 0 aromatic carbocycles. The van der Waals surface area contributed by atoms with Crippen LogP contribution in [-0.2, 0) is 15.6 Å². The molecule has 1 fully saturated rings. The fraction of sp³-hybridized carbons (Fsp3) is 0.381. The van der Waals surface area contributed by atoms with E-state index in [1.54, 1.807) is 18.5 Å². The Balaban J connectivity index is 1.30. The van der Waals surface area contributed by atoms with E-state index in [-0.39, 0.29) is 10.8 Å². The maximum atomic E-state index is 12.4. The van der Waals surface area contributed by atoms with Gasteiger partial charge in [0.1, 0.15) is 17.2 Å². The number of imidazole rings is 1. The molecule has 0 radical (unpaired) electrons. The first-order valence-electron chi connectivity index (χ1n) is 10.7. The normalized spacial score (nSPS) is 17.5. The summed E-state index contributed by atoms with van der Waals surface area (Å²) in [5, 5.41) is 6.88. The quantitative estimate of drug-likeness (QED) is 0.472. The van der Waals surface area contributed by atoms with E-state index in [2.05, 4.69) is 48.8 Å². The van der Waals surface area contributed by atoms with Crippen LogP contribution in [0.5, 0.6) is 6.01 Å². The lowest BCUT2D eigenvalue weighted by Crippen LogP contribution is -2.33. The molecule has 0 bridgehead atoms. The molecule has 2 aliphatic rings. The van der Waals surface area contributed by atoms with E-state index < -0.39 is 10.0 Å². The molecule has 1 N–H and O–H groups in total. The summed E-state index contributed by atoms with van der Waals surface area (Å²) in [6.07, 6.45) is 8.46. The number of ether oxygens (including phenoxy) is 1. The number of nitrogens with zero attached hydrogens (tertiary/aromatic N) is 7. The highest BCUT2D eigenvalue weighted by Gasteiger charge is 2.37. The lowest BCUT2D eigenvalue weighted by molar-refractivity contribution is 0.152. The Kier molecular flexibility index (Phi) is 4.25. The fourth-order valence-corrected chi connectivity index (χ4v) is 5.47. The highest BCUT2D eigenvalue weighted by atomic mass is 32.2. The zero-order chi connectivity index (χ0) is 22.8. The van der Waals surface area contributed by atoms with Gasteiger partial charge in [-0.05, 0) is 32.8 Å². The molecule has 0 unspecified atom stereocenters. The number of aromatic nitrogens is 7. The van der Waals surface area contributed by atoms with Crippen LogP contribution in [0.3, 0.4) is 0 Å². The van der Waals surface area contributed by atoms with Gasteiger partial charge in [-0.25, -0.2) is 23.4 Å². The van der Waals surface area contributed by atoms with Gasteiger partial charge < -0.3 is 10.1 Å². The van der Waals surface area contributed by atoms with Crippen molar-refractivity contribution in [2.45, 2.75) is 43.9 Å². The molecule has 4 aromatic heterocycles. The molecule has 33 heavy (non-hydrogen) atoms. The molecule has 0 saturated heterocycles. The van der Waals surface area contributed by atoms with Gasteiger partial charge in [-0.2, -0.15) is 14.2 Å². The van der Waals surface area contributed by atoms with Gasteiger partial charge in [0, 0.05) is 24.2 Å². The lowest BCUT2D eigenvalue weighted by Gasteiger charge is -2.32. The summed E-state index contributed by atoms with van der Waals surface area (Å²) in [7, 11) is -3.44. The molecule has 1 aliphatic heterocycles. The van der Waals surface area contributed by atoms with Gasteiger partial charge in [0.15, 0.2) is 5.82 Å². The second-order valence-electron chi connectivity index (χ2n) is 8.94. The maximum absolute atomic E-state index is 12.4. The van der Waals surface area contributed by atoms with Gasteiger partial charge >= 0.3 is 0 Å².